The molecule has 2 unspecified atom stereocenters. The van der Waals surface area contributed by atoms with Crippen LogP contribution in [0, 0.1) is 0 Å². The van der Waals surface area contributed by atoms with Crippen LogP contribution in [0.5, 0.6) is 0 Å². The van der Waals surface area contributed by atoms with E-state index in [0.717, 1.165) is 32.4 Å². The second-order valence-electron chi connectivity index (χ2n) is 5.00. The van der Waals surface area contributed by atoms with E-state index >= 15 is 0 Å². The average molecular weight is 259 g/mol. The summed E-state index contributed by atoms with van der Waals surface area (Å²) in [6.07, 6.45) is 2.03. The molecular weight excluding hydrogens is 234 g/mol. The minimum absolute atomic E-state index is 0.0772. The first kappa shape index (κ1) is 15.4. The summed E-state index contributed by atoms with van der Waals surface area (Å²) in [5, 5.41) is 8.88. The molecule has 6 nitrogen and oxygen atoms in total. The molecule has 1 saturated heterocycles. The van der Waals surface area contributed by atoms with Crippen LogP contribution in [0.25, 0.3) is 0 Å². The topological polar surface area (TPSA) is 87.8 Å². The molecule has 1 amide bonds. The zero-order chi connectivity index (χ0) is 13.5. The zero-order valence-corrected chi connectivity index (χ0v) is 11.3. The van der Waals surface area contributed by atoms with Crippen molar-refractivity contribution in [2.45, 2.75) is 51.4 Å². The number of nitrogens with zero attached hydrogens (tertiary/aromatic N) is 1. The lowest BCUT2D eigenvalue weighted by atomic mass is 10.1. The Morgan fingerprint density at radius 1 is 1.56 bits per heavy atom. The quantitative estimate of drug-likeness (QED) is 0.329. The van der Waals surface area contributed by atoms with Gasteiger partial charge in [0.2, 0.25) is 0 Å². The molecule has 4 N–H and O–H groups in total. The van der Waals surface area contributed by atoms with Crippen molar-refractivity contribution in [3.63, 3.8) is 0 Å². The van der Waals surface area contributed by atoms with E-state index in [1.165, 1.54) is 0 Å². The summed E-state index contributed by atoms with van der Waals surface area (Å²) in [6.45, 7) is 6.09. The van der Waals surface area contributed by atoms with Crippen LogP contribution in [0.2, 0.25) is 0 Å². The van der Waals surface area contributed by atoms with Crippen LogP contribution in [0.3, 0.4) is 0 Å². The van der Waals surface area contributed by atoms with Gasteiger partial charge in [-0.25, -0.2) is 5.84 Å². The summed E-state index contributed by atoms with van der Waals surface area (Å²) in [5.74, 6) is 4.85. The summed E-state index contributed by atoms with van der Waals surface area (Å²) in [7, 11) is 0. The van der Waals surface area contributed by atoms with Crippen LogP contribution in [0.15, 0.2) is 0 Å². The van der Waals surface area contributed by atoms with E-state index in [2.05, 4.69) is 24.2 Å². The number of hydrogen-bond acceptors (Lipinski definition) is 5. The Morgan fingerprint density at radius 2 is 2.28 bits per heavy atom. The number of nitrogens with two attached hydrogens (primary N) is 1. The smallest absolute Gasteiger partial charge is 0.263 e. The van der Waals surface area contributed by atoms with Gasteiger partial charge in [-0.1, -0.05) is 0 Å². The second kappa shape index (κ2) is 7.68. The summed E-state index contributed by atoms with van der Waals surface area (Å²) in [5.41, 5.74) is 2.13. The summed E-state index contributed by atoms with van der Waals surface area (Å²) >= 11 is 0. The van der Waals surface area contributed by atoms with Crippen LogP contribution in [-0.2, 0) is 9.53 Å². The van der Waals surface area contributed by atoms with E-state index in [1.54, 1.807) is 0 Å². The van der Waals surface area contributed by atoms with Crippen molar-refractivity contribution in [2.75, 3.05) is 19.7 Å². The highest BCUT2D eigenvalue weighted by Gasteiger charge is 2.31. The number of hydrazine groups is 1. The number of aliphatic hydroxyl groups is 1. The normalized spacial score (nSPS) is 23.9. The Bertz CT molecular complexity index is 261. The van der Waals surface area contributed by atoms with E-state index in [9.17, 15) is 4.79 Å². The van der Waals surface area contributed by atoms with Gasteiger partial charge < -0.3 is 9.84 Å². The number of nitrogens with one attached hydrogen (secondary N) is 1. The maximum Gasteiger partial charge on any atom is 0.263 e. The van der Waals surface area contributed by atoms with E-state index in [4.69, 9.17) is 15.7 Å². The maximum absolute atomic E-state index is 11.3. The van der Waals surface area contributed by atoms with Gasteiger partial charge >= 0.3 is 0 Å². The van der Waals surface area contributed by atoms with Crippen LogP contribution in [0.1, 0.15) is 33.1 Å². The predicted molar refractivity (Wildman–Crippen MR) is 68.6 cm³/mol. The van der Waals surface area contributed by atoms with Gasteiger partial charge in [-0.05, 0) is 33.1 Å². The fraction of sp³-hybridized carbons (Fsp3) is 0.917. The van der Waals surface area contributed by atoms with Crippen molar-refractivity contribution in [3.8, 4) is 0 Å². The van der Waals surface area contributed by atoms with Crippen molar-refractivity contribution in [3.05, 3.63) is 0 Å². The molecule has 106 valence electrons. The maximum atomic E-state index is 11.3. The standard InChI is InChI=1S/C12H25N3O3/c1-9(2)15(6-3-7-16)8-10-4-5-11(18-10)12(17)14-13/h9-11,16H,3-8,13H2,1-2H3,(H,14,17). The molecule has 6 heteroatoms. The summed E-state index contributed by atoms with van der Waals surface area (Å²) in [4.78, 5) is 13.6. The van der Waals surface area contributed by atoms with Gasteiger partial charge in [0, 0.05) is 25.7 Å². The van der Waals surface area contributed by atoms with Crippen molar-refractivity contribution in [1.29, 1.82) is 0 Å². The lowest BCUT2D eigenvalue weighted by molar-refractivity contribution is -0.132. The highest BCUT2D eigenvalue weighted by Crippen LogP contribution is 2.21. The SMILES string of the molecule is CC(C)N(CCCO)CC1CCC(C(=O)NN)O1. The Kier molecular flexibility index (Phi) is 6.56. The van der Waals surface area contributed by atoms with Crippen molar-refractivity contribution < 1.29 is 14.6 Å². The molecule has 0 aliphatic carbocycles. The third-order valence-corrected chi connectivity index (χ3v) is 3.31. The molecule has 0 aromatic rings. The molecular formula is C12H25N3O3. The summed E-state index contributed by atoms with van der Waals surface area (Å²) in [6, 6.07) is 0.405. The molecule has 1 heterocycles. The van der Waals surface area contributed by atoms with Crippen molar-refractivity contribution in [2.24, 2.45) is 5.84 Å². The molecule has 1 aliphatic rings. The van der Waals surface area contributed by atoms with Gasteiger partial charge in [0.05, 0.1) is 6.10 Å². The minimum Gasteiger partial charge on any atom is -0.396 e. The molecule has 0 saturated carbocycles. The van der Waals surface area contributed by atoms with Crippen LogP contribution < -0.4 is 11.3 Å². The van der Waals surface area contributed by atoms with Crippen LogP contribution >= 0.6 is 0 Å². The third kappa shape index (κ3) is 4.53. The minimum atomic E-state index is -0.410. The van der Waals surface area contributed by atoms with Gasteiger partial charge in [-0.3, -0.25) is 15.1 Å². The molecule has 0 aromatic heterocycles. The molecule has 0 radical (unpaired) electrons. The van der Waals surface area contributed by atoms with E-state index in [-0.39, 0.29) is 18.6 Å². The van der Waals surface area contributed by atoms with Gasteiger partial charge in [0.15, 0.2) is 0 Å². The number of hydrogen-bond donors (Lipinski definition) is 3. The van der Waals surface area contributed by atoms with Crippen LogP contribution in [0.4, 0.5) is 0 Å². The number of amides is 1. The fourth-order valence-corrected chi connectivity index (χ4v) is 2.22. The Morgan fingerprint density at radius 3 is 2.83 bits per heavy atom. The number of carbonyl (C=O) groups is 1. The van der Waals surface area contributed by atoms with Gasteiger partial charge in [0.1, 0.15) is 6.10 Å². The number of carbonyl (C=O) groups excluding carboxylic acids is 1. The molecule has 18 heavy (non-hydrogen) atoms. The first-order valence-electron chi connectivity index (χ1n) is 6.59. The molecule has 0 spiro atoms. The molecule has 1 rings (SSSR count). The highest BCUT2D eigenvalue weighted by molar-refractivity contribution is 5.80. The number of ether oxygens (including phenoxy) is 1. The van der Waals surface area contributed by atoms with Crippen molar-refractivity contribution >= 4 is 5.91 Å². The molecule has 1 fully saturated rings. The van der Waals surface area contributed by atoms with Crippen molar-refractivity contribution in [1.82, 2.24) is 10.3 Å². The van der Waals surface area contributed by atoms with Crippen LogP contribution in [-0.4, -0.2) is 53.9 Å². The van der Waals surface area contributed by atoms with Gasteiger partial charge in [-0.2, -0.15) is 0 Å². The molecule has 1 aliphatic heterocycles. The van der Waals surface area contributed by atoms with E-state index in [0.29, 0.717) is 6.04 Å². The zero-order valence-electron chi connectivity index (χ0n) is 11.3. The highest BCUT2D eigenvalue weighted by atomic mass is 16.5. The lowest BCUT2D eigenvalue weighted by Crippen LogP contribution is -2.41. The van der Waals surface area contributed by atoms with Gasteiger partial charge in [-0.15, -0.1) is 0 Å². The lowest BCUT2D eigenvalue weighted by Gasteiger charge is -2.28. The molecule has 0 bridgehead atoms. The number of aliphatic hydroxyl groups excluding tert-OH is 1. The second-order valence-corrected chi connectivity index (χ2v) is 5.00. The molecule has 2 atom stereocenters. The number of rotatable bonds is 7. The van der Waals surface area contributed by atoms with Gasteiger partial charge in [0.25, 0.3) is 5.91 Å². The largest absolute Gasteiger partial charge is 0.396 e. The van der Waals surface area contributed by atoms with E-state index in [1.807, 2.05) is 0 Å². The van der Waals surface area contributed by atoms with E-state index < -0.39 is 6.10 Å². The Labute approximate surface area is 108 Å². The summed E-state index contributed by atoms with van der Waals surface area (Å²) < 4.78 is 5.68. The third-order valence-electron chi connectivity index (χ3n) is 3.31. The molecule has 0 aromatic carbocycles. The first-order valence-corrected chi connectivity index (χ1v) is 6.59. The predicted octanol–water partition coefficient (Wildman–Crippen LogP) is -0.383. The fourth-order valence-electron chi connectivity index (χ4n) is 2.22. The average Bonchev–Trinajstić information content (AvgIpc) is 2.81. The Hall–Kier alpha value is -0.690. The Balaban J connectivity index is 2.39. The first-order chi connectivity index (χ1) is 8.58. The monoisotopic (exact) mass is 259 g/mol.